The summed E-state index contributed by atoms with van der Waals surface area (Å²) in [6.07, 6.45) is 3.92. The van der Waals surface area contributed by atoms with Gasteiger partial charge >= 0.3 is 0 Å². The molecule has 0 N–H and O–H groups in total. The van der Waals surface area contributed by atoms with Crippen LogP contribution in [0.5, 0.6) is 0 Å². The minimum Gasteiger partial charge on any atom is -0.367 e. The Labute approximate surface area is 116 Å². The van der Waals surface area contributed by atoms with Gasteiger partial charge in [-0.2, -0.15) is 0 Å². The molecule has 1 aliphatic carbocycles. The lowest BCUT2D eigenvalue weighted by Crippen LogP contribution is -2.38. The Morgan fingerprint density at radius 3 is 2.26 bits per heavy atom. The number of hydrogen-bond acceptors (Lipinski definition) is 2. The molecule has 0 spiro atoms. The molecule has 2 heteroatoms. The Morgan fingerprint density at radius 2 is 1.79 bits per heavy atom. The standard InChI is InChI=1S/C17H24O2/c1-4-19-17(11-5-6-12-17)16(18)15-9-7-14(8-10-15)13(2)3/h7-10,13H,4-6,11-12H2,1-3H3. The third-order valence-corrected chi connectivity index (χ3v) is 4.09. The molecule has 0 aromatic heterocycles. The van der Waals surface area contributed by atoms with E-state index < -0.39 is 5.60 Å². The van der Waals surface area contributed by atoms with Crippen molar-refractivity contribution in [3.8, 4) is 0 Å². The van der Waals surface area contributed by atoms with Gasteiger partial charge in [0.25, 0.3) is 0 Å². The molecule has 0 heterocycles. The molecule has 0 bridgehead atoms. The zero-order valence-corrected chi connectivity index (χ0v) is 12.2. The second kappa shape index (κ2) is 5.87. The van der Waals surface area contributed by atoms with Crippen LogP contribution in [0.15, 0.2) is 24.3 Å². The molecular formula is C17H24O2. The molecule has 1 fully saturated rings. The molecule has 0 aliphatic heterocycles. The zero-order valence-electron chi connectivity index (χ0n) is 12.2. The van der Waals surface area contributed by atoms with Crippen molar-refractivity contribution >= 4 is 5.78 Å². The molecule has 0 atom stereocenters. The van der Waals surface area contributed by atoms with E-state index in [-0.39, 0.29) is 5.78 Å². The summed E-state index contributed by atoms with van der Waals surface area (Å²) < 4.78 is 5.83. The van der Waals surface area contributed by atoms with Crippen molar-refractivity contribution < 1.29 is 9.53 Å². The van der Waals surface area contributed by atoms with Gasteiger partial charge in [0, 0.05) is 12.2 Å². The van der Waals surface area contributed by atoms with E-state index in [4.69, 9.17) is 4.74 Å². The molecule has 1 aromatic carbocycles. The largest absolute Gasteiger partial charge is 0.367 e. The average Bonchev–Trinajstić information content (AvgIpc) is 2.88. The second-order valence-corrected chi connectivity index (χ2v) is 5.74. The lowest BCUT2D eigenvalue weighted by atomic mass is 9.90. The Bertz CT molecular complexity index is 425. The van der Waals surface area contributed by atoms with Crippen LogP contribution in [-0.2, 0) is 4.74 Å². The lowest BCUT2D eigenvalue weighted by Gasteiger charge is -2.27. The van der Waals surface area contributed by atoms with Crippen molar-refractivity contribution in [2.75, 3.05) is 6.61 Å². The van der Waals surface area contributed by atoms with Crippen LogP contribution in [0.2, 0.25) is 0 Å². The van der Waals surface area contributed by atoms with Crippen molar-refractivity contribution in [1.82, 2.24) is 0 Å². The second-order valence-electron chi connectivity index (χ2n) is 5.74. The first-order chi connectivity index (χ1) is 9.09. The van der Waals surface area contributed by atoms with E-state index in [1.54, 1.807) is 0 Å². The van der Waals surface area contributed by atoms with Crippen LogP contribution >= 0.6 is 0 Å². The predicted octanol–water partition coefficient (Wildman–Crippen LogP) is 4.34. The molecule has 1 aliphatic rings. The van der Waals surface area contributed by atoms with Crippen LogP contribution in [0.25, 0.3) is 0 Å². The molecule has 1 aromatic rings. The summed E-state index contributed by atoms with van der Waals surface area (Å²) in [6.45, 7) is 6.90. The highest BCUT2D eigenvalue weighted by molar-refractivity contribution is 6.02. The van der Waals surface area contributed by atoms with Gasteiger partial charge in [-0.25, -0.2) is 0 Å². The SMILES string of the molecule is CCOC1(C(=O)c2ccc(C(C)C)cc2)CCCC1. The summed E-state index contributed by atoms with van der Waals surface area (Å²) in [5, 5.41) is 0. The van der Waals surface area contributed by atoms with Gasteiger partial charge < -0.3 is 4.74 Å². The van der Waals surface area contributed by atoms with E-state index in [2.05, 4.69) is 26.0 Å². The smallest absolute Gasteiger partial charge is 0.194 e. The van der Waals surface area contributed by atoms with Crippen molar-refractivity contribution in [3.63, 3.8) is 0 Å². The number of carbonyl (C=O) groups is 1. The fourth-order valence-corrected chi connectivity index (χ4v) is 2.94. The van der Waals surface area contributed by atoms with E-state index in [1.165, 1.54) is 5.56 Å². The highest BCUT2D eigenvalue weighted by atomic mass is 16.5. The van der Waals surface area contributed by atoms with Gasteiger partial charge in [-0.1, -0.05) is 38.1 Å². The summed E-state index contributed by atoms with van der Waals surface area (Å²) in [5.74, 6) is 0.665. The van der Waals surface area contributed by atoms with Gasteiger partial charge in [0.2, 0.25) is 0 Å². The molecule has 19 heavy (non-hydrogen) atoms. The van der Waals surface area contributed by atoms with Crippen LogP contribution < -0.4 is 0 Å². The Kier molecular flexibility index (Phi) is 4.41. The third-order valence-electron chi connectivity index (χ3n) is 4.09. The molecule has 0 radical (unpaired) electrons. The molecule has 2 rings (SSSR count). The zero-order chi connectivity index (χ0) is 13.9. The van der Waals surface area contributed by atoms with Crippen molar-refractivity contribution in [1.29, 1.82) is 0 Å². The maximum absolute atomic E-state index is 12.7. The minimum absolute atomic E-state index is 0.169. The van der Waals surface area contributed by atoms with E-state index in [0.717, 1.165) is 31.2 Å². The van der Waals surface area contributed by atoms with Crippen molar-refractivity contribution in [2.45, 2.75) is 58.0 Å². The van der Waals surface area contributed by atoms with Crippen molar-refractivity contribution in [2.24, 2.45) is 0 Å². The fraction of sp³-hybridized carbons (Fsp3) is 0.588. The topological polar surface area (TPSA) is 26.3 Å². The summed E-state index contributed by atoms with van der Waals surface area (Å²) in [5.41, 5.74) is 1.52. The highest BCUT2D eigenvalue weighted by Crippen LogP contribution is 2.36. The van der Waals surface area contributed by atoms with Crippen LogP contribution in [-0.4, -0.2) is 18.0 Å². The molecule has 104 valence electrons. The van der Waals surface area contributed by atoms with E-state index in [0.29, 0.717) is 12.5 Å². The van der Waals surface area contributed by atoms with Crippen LogP contribution in [0.1, 0.15) is 68.3 Å². The number of ketones is 1. The van der Waals surface area contributed by atoms with Gasteiger partial charge in [-0.15, -0.1) is 0 Å². The van der Waals surface area contributed by atoms with Gasteiger partial charge in [-0.3, -0.25) is 4.79 Å². The summed E-state index contributed by atoms with van der Waals surface area (Å²) >= 11 is 0. The summed E-state index contributed by atoms with van der Waals surface area (Å²) in [7, 11) is 0. The molecule has 2 nitrogen and oxygen atoms in total. The number of Topliss-reactive ketones (excluding diaryl/α,β-unsaturated/α-hetero) is 1. The number of rotatable bonds is 5. The normalized spacial score (nSPS) is 17.9. The van der Waals surface area contributed by atoms with Crippen LogP contribution in [0.4, 0.5) is 0 Å². The van der Waals surface area contributed by atoms with Crippen LogP contribution in [0.3, 0.4) is 0 Å². The molecular weight excluding hydrogens is 236 g/mol. The number of hydrogen-bond donors (Lipinski definition) is 0. The Balaban J connectivity index is 2.22. The van der Waals surface area contributed by atoms with E-state index in [1.807, 2.05) is 19.1 Å². The van der Waals surface area contributed by atoms with Crippen LogP contribution in [0, 0.1) is 0 Å². The summed E-state index contributed by atoms with van der Waals surface area (Å²) in [4.78, 5) is 12.7. The van der Waals surface area contributed by atoms with Gasteiger partial charge in [-0.05, 0) is 44.1 Å². The maximum atomic E-state index is 12.7. The van der Waals surface area contributed by atoms with Crippen molar-refractivity contribution in [3.05, 3.63) is 35.4 Å². The van der Waals surface area contributed by atoms with Gasteiger partial charge in [0.15, 0.2) is 5.78 Å². The maximum Gasteiger partial charge on any atom is 0.194 e. The highest BCUT2D eigenvalue weighted by Gasteiger charge is 2.42. The Hall–Kier alpha value is -1.15. The minimum atomic E-state index is -0.548. The molecule has 0 unspecified atom stereocenters. The average molecular weight is 260 g/mol. The number of benzene rings is 1. The monoisotopic (exact) mass is 260 g/mol. The first kappa shape index (κ1) is 14.3. The first-order valence-electron chi connectivity index (χ1n) is 7.38. The third kappa shape index (κ3) is 2.89. The quantitative estimate of drug-likeness (QED) is 0.736. The molecule has 0 amide bonds. The van der Waals surface area contributed by atoms with E-state index in [9.17, 15) is 4.79 Å². The van der Waals surface area contributed by atoms with Gasteiger partial charge in [0.05, 0.1) is 0 Å². The molecule has 0 saturated heterocycles. The predicted molar refractivity (Wildman–Crippen MR) is 77.7 cm³/mol. The molecule has 1 saturated carbocycles. The van der Waals surface area contributed by atoms with E-state index >= 15 is 0 Å². The lowest BCUT2D eigenvalue weighted by molar-refractivity contribution is -0.0163. The summed E-state index contributed by atoms with van der Waals surface area (Å²) in [6, 6.07) is 8.03. The number of carbonyl (C=O) groups excluding carboxylic acids is 1. The number of ether oxygens (including phenoxy) is 1. The first-order valence-corrected chi connectivity index (χ1v) is 7.38. The Morgan fingerprint density at radius 1 is 1.21 bits per heavy atom. The van der Waals surface area contributed by atoms with Gasteiger partial charge in [0.1, 0.15) is 5.60 Å². The fourth-order valence-electron chi connectivity index (χ4n) is 2.94.